The number of halogens is 1. The number of nitriles is 1. The van der Waals surface area contributed by atoms with Crippen LogP contribution in [0.25, 0.3) is 0 Å². The molecule has 8 heteroatoms. The predicted octanol–water partition coefficient (Wildman–Crippen LogP) is 3.78. The lowest BCUT2D eigenvalue weighted by atomic mass is 9.85. The number of hydrogen-bond acceptors (Lipinski definition) is 5. The van der Waals surface area contributed by atoms with Crippen LogP contribution in [0.3, 0.4) is 0 Å². The molecule has 1 heterocycles. The van der Waals surface area contributed by atoms with Crippen molar-refractivity contribution in [3.05, 3.63) is 93.8 Å². The SMILES string of the molecule is Cc1cc(CNC(=O)c2cc(C(=O)N[C@H]3c4ccc(C#N)cc4CC3(C)C)ncn2)ccc1F. The second-order valence-electron chi connectivity index (χ2n) is 9.15. The number of carbonyl (C=O) groups is 2. The Hall–Kier alpha value is -4.12. The fourth-order valence-electron chi connectivity index (χ4n) is 4.30. The van der Waals surface area contributed by atoms with E-state index in [1.165, 1.54) is 18.5 Å². The molecule has 0 aliphatic heterocycles. The van der Waals surface area contributed by atoms with E-state index in [1.807, 2.05) is 12.1 Å². The Morgan fingerprint density at radius 1 is 1.12 bits per heavy atom. The van der Waals surface area contributed by atoms with Crippen LogP contribution in [-0.2, 0) is 13.0 Å². The van der Waals surface area contributed by atoms with Gasteiger partial charge in [0.1, 0.15) is 23.5 Å². The molecule has 2 aromatic carbocycles. The smallest absolute Gasteiger partial charge is 0.270 e. The summed E-state index contributed by atoms with van der Waals surface area (Å²) in [6, 6.07) is 13.3. The lowest BCUT2D eigenvalue weighted by Gasteiger charge is -2.28. The number of amides is 2. The van der Waals surface area contributed by atoms with E-state index in [2.05, 4.69) is 40.5 Å². The molecule has 7 nitrogen and oxygen atoms in total. The molecule has 1 atom stereocenters. The molecular weight excluding hydrogens is 433 g/mol. The zero-order valence-electron chi connectivity index (χ0n) is 19.1. The summed E-state index contributed by atoms with van der Waals surface area (Å²) in [5.74, 6) is -1.19. The minimum atomic E-state index is -0.464. The fraction of sp³-hybridized carbons (Fsp3) is 0.269. The molecule has 1 aliphatic carbocycles. The lowest BCUT2D eigenvalue weighted by Crippen LogP contribution is -2.36. The maximum absolute atomic E-state index is 13.4. The highest BCUT2D eigenvalue weighted by Crippen LogP contribution is 2.45. The van der Waals surface area contributed by atoms with Crippen molar-refractivity contribution in [3.63, 3.8) is 0 Å². The van der Waals surface area contributed by atoms with Gasteiger partial charge in [0.2, 0.25) is 0 Å². The third-order valence-electron chi connectivity index (χ3n) is 6.09. The average Bonchev–Trinajstić information content (AvgIpc) is 3.07. The van der Waals surface area contributed by atoms with Crippen LogP contribution in [0.2, 0.25) is 0 Å². The lowest BCUT2D eigenvalue weighted by molar-refractivity contribution is 0.0898. The minimum absolute atomic E-state index is 0.0590. The van der Waals surface area contributed by atoms with Crippen molar-refractivity contribution in [3.8, 4) is 6.07 Å². The fourth-order valence-corrected chi connectivity index (χ4v) is 4.30. The highest BCUT2D eigenvalue weighted by Gasteiger charge is 2.40. The Labute approximate surface area is 197 Å². The number of nitrogens with one attached hydrogen (secondary N) is 2. The van der Waals surface area contributed by atoms with Crippen molar-refractivity contribution in [2.75, 3.05) is 0 Å². The second-order valence-corrected chi connectivity index (χ2v) is 9.15. The third-order valence-corrected chi connectivity index (χ3v) is 6.09. The zero-order chi connectivity index (χ0) is 24.5. The van der Waals surface area contributed by atoms with Crippen molar-refractivity contribution >= 4 is 11.8 Å². The van der Waals surface area contributed by atoms with Gasteiger partial charge in [0.05, 0.1) is 17.7 Å². The highest BCUT2D eigenvalue weighted by molar-refractivity contribution is 5.97. The molecule has 4 rings (SSSR count). The molecule has 2 amide bonds. The van der Waals surface area contributed by atoms with E-state index in [0.29, 0.717) is 11.1 Å². The van der Waals surface area contributed by atoms with Gasteiger partial charge in [-0.15, -0.1) is 0 Å². The minimum Gasteiger partial charge on any atom is -0.347 e. The number of aromatic nitrogens is 2. The van der Waals surface area contributed by atoms with Crippen molar-refractivity contribution in [2.24, 2.45) is 5.41 Å². The molecule has 3 aromatic rings. The predicted molar refractivity (Wildman–Crippen MR) is 123 cm³/mol. The monoisotopic (exact) mass is 457 g/mol. The Balaban J connectivity index is 1.47. The van der Waals surface area contributed by atoms with E-state index in [1.54, 1.807) is 25.1 Å². The molecule has 0 unspecified atom stereocenters. The number of aryl methyl sites for hydroxylation is 1. The van der Waals surface area contributed by atoms with E-state index in [4.69, 9.17) is 0 Å². The zero-order valence-corrected chi connectivity index (χ0v) is 19.1. The summed E-state index contributed by atoms with van der Waals surface area (Å²) in [5.41, 5.74) is 3.72. The largest absolute Gasteiger partial charge is 0.347 e. The quantitative estimate of drug-likeness (QED) is 0.606. The summed E-state index contributed by atoms with van der Waals surface area (Å²) < 4.78 is 13.4. The van der Waals surface area contributed by atoms with Gasteiger partial charge in [-0.05, 0) is 59.2 Å². The molecule has 0 radical (unpaired) electrons. The van der Waals surface area contributed by atoms with E-state index in [-0.39, 0.29) is 35.2 Å². The number of benzene rings is 2. The van der Waals surface area contributed by atoms with Crippen LogP contribution in [-0.4, -0.2) is 21.8 Å². The third kappa shape index (κ3) is 4.64. The summed E-state index contributed by atoms with van der Waals surface area (Å²) in [7, 11) is 0. The number of fused-ring (bicyclic) bond motifs is 1. The van der Waals surface area contributed by atoms with Gasteiger partial charge in [0.15, 0.2) is 0 Å². The van der Waals surface area contributed by atoms with Crippen LogP contribution in [0.1, 0.15) is 68.7 Å². The van der Waals surface area contributed by atoms with E-state index < -0.39 is 11.8 Å². The first-order chi connectivity index (χ1) is 16.2. The van der Waals surface area contributed by atoms with Crippen LogP contribution in [0, 0.1) is 29.5 Å². The van der Waals surface area contributed by atoms with Gasteiger partial charge in [-0.2, -0.15) is 5.26 Å². The van der Waals surface area contributed by atoms with Crippen molar-refractivity contribution in [1.29, 1.82) is 5.26 Å². The van der Waals surface area contributed by atoms with Gasteiger partial charge in [-0.3, -0.25) is 9.59 Å². The first kappa shape index (κ1) is 23.1. The van der Waals surface area contributed by atoms with E-state index in [9.17, 15) is 19.2 Å². The van der Waals surface area contributed by atoms with E-state index >= 15 is 0 Å². The molecule has 2 N–H and O–H groups in total. The molecule has 0 spiro atoms. The van der Waals surface area contributed by atoms with Crippen molar-refractivity contribution < 1.29 is 14.0 Å². The summed E-state index contributed by atoms with van der Waals surface area (Å²) in [6.45, 7) is 5.96. The Morgan fingerprint density at radius 3 is 2.56 bits per heavy atom. The van der Waals surface area contributed by atoms with Gasteiger partial charge in [-0.1, -0.05) is 32.0 Å². The van der Waals surface area contributed by atoms with Crippen LogP contribution in [0.15, 0.2) is 48.8 Å². The maximum atomic E-state index is 13.4. The van der Waals surface area contributed by atoms with Crippen LogP contribution >= 0.6 is 0 Å². The van der Waals surface area contributed by atoms with Gasteiger partial charge in [0, 0.05) is 12.6 Å². The van der Waals surface area contributed by atoms with Crippen LogP contribution in [0.5, 0.6) is 0 Å². The molecule has 172 valence electrons. The molecule has 0 fully saturated rings. The normalized spacial score (nSPS) is 15.8. The van der Waals surface area contributed by atoms with Gasteiger partial charge in [-0.25, -0.2) is 14.4 Å². The number of carbonyl (C=O) groups excluding carboxylic acids is 2. The van der Waals surface area contributed by atoms with Gasteiger partial charge in [0.25, 0.3) is 11.8 Å². The van der Waals surface area contributed by atoms with Crippen LogP contribution < -0.4 is 10.6 Å². The average molecular weight is 458 g/mol. The number of nitrogens with zero attached hydrogens (tertiary/aromatic N) is 3. The summed E-state index contributed by atoms with van der Waals surface area (Å²) >= 11 is 0. The molecule has 1 aromatic heterocycles. The van der Waals surface area contributed by atoms with E-state index in [0.717, 1.165) is 23.1 Å². The topological polar surface area (TPSA) is 108 Å². The van der Waals surface area contributed by atoms with Crippen molar-refractivity contribution in [2.45, 2.75) is 39.8 Å². The Kier molecular flexibility index (Phi) is 6.12. The Morgan fingerprint density at radius 2 is 1.85 bits per heavy atom. The molecule has 34 heavy (non-hydrogen) atoms. The van der Waals surface area contributed by atoms with Gasteiger partial charge < -0.3 is 10.6 Å². The molecule has 1 aliphatic rings. The highest BCUT2D eigenvalue weighted by atomic mass is 19.1. The molecule has 0 bridgehead atoms. The summed E-state index contributed by atoms with van der Waals surface area (Å²) in [6.07, 6.45) is 1.90. The standard InChI is InChI=1S/C26H24FN5O2/c1-15-8-17(5-7-20(15)27)13-29-24(33)21-10-22(31-14-30-21)25(34)32-23-19-6-4-16(12-28)9-18(19)11-26(23,2)3/h4-10,14,23H,11,13H2,1-3H3,(H,29,33)(H,32,34)/t23-/m0/s1. The Bertz CT molecular complexity index is 1330. The summed E-state index contributed by atoms with van der Waals surface area (Å²) in [5, 5.41) is 14.9. The molecular formula is C26H24FN5O2. The second kappa shape index (κ2) is 9.02. The first-order valence-corrected chi connectivity index (χ1v) is 10.9. The summed E-state index contributed by atoms with van der Waals surface area (Å²) in [4.78, 5) is 33.6. The van der Waals surface area contributed by atoms with Crippen LogP contribution in [0.4, 0.5) is 4.39 Å². The first-order valence-electron chi connectivity index (χ1n) is 10.9. The number of hydrogen-bond donors (Lipinski definition) is 2. The van der Waals surface area contributed by atoms with Crippen molar-refractivity contribution in [1.82, 2.24) is 20.6 Å². The number of rotatable bonds is 5. The molecule has 0 saturated heterocycles. The van der Waals surface area contributed by atoms with Gasteiger partial charge >= 0.3 is 0 Å². The molecule has 0 saturated carbocycles. The maximum Gasteiger partial charge on any atom is 0.270 e.